The zero-order chi connectivity index (χ0) is 23.0. The van der Waals surface area contributed by atoms with Gasteiger partial charge in [0, 0.05) is 36.7 Å². The lowest BCUT2D eigenvalue weighted by Crippen LogP contribution is -2.56. The molecule has 4 bridgehead atoms. The summed E-state index contributed by atoms with van der Waals surface area (Å²) < 4.78 is 1.89. The number of hydrogen-bond acceptors (Lipinski definition) is 4. The third-order valence-corrected chi connectivity index (χ3v) is 9.14. The number of nitrogens with one attached hydrogen (secondary N) is 2. The maximum absolute atomic E-state index is 13.1. The van der Waals surface area contributed by atoms with Crippen molar-refractivity contribution in [2.75, 3.05) is 11.1 Å². The summed E-state index contributed by atoms with van der Waals surface area (Å²) in [6, 6.07) is 7.49. The minimum Gasteiger partial charge on any atom is -0.349 e. The van der Waals surface area contributed by atoms with Crippen molar-refractivity contribution >= 4 is 29.3 Å². The first-order valence-corrected chi connectivity index (χ1v) is 13.2. The normalized spacial score (nSPS) is 28.5. The van der Waals surface area contributed by atoms with Gasteiger partial charge in [-0.05, 0) is 92.4 Å². The molecule has 2 amide bonds. The topological polar surface area (TPSA) is 76.0 Å². The van der Waals surface area contributed by atoms with E-state index in [1.54, 1.807) is 6.20 Å². The summed E-state index contributed by atoms with van der Waals surface area (Å²) in [7, 11) is 1.91. The molecule has 6 rings (SSSR count). The molecule has 0 unspecified atom stereocenters. The van der Waals surface area contributed by atoms with Crippen LogP contribution in [0.5, 0.6) is 0 Å². The molecular weight excluding hydrogens is 432 g/mol. The second-order valence-electron chi connectivity index (χ2n) is 10.4. The van der Waals surface area contributed by atoms with Gasteiger partial charge in [-0.15, -0.1) is 0 Å². The average Bonchev–Trinajstić information content (AvgIpc) is 3.20. The van der Waals surface area contributed by atoms with Crippen LogP contribution in [0.3, 0.4) is 0 Å². The SMILES string of the molecule is CC[C@@H](NC(=O)c1ccc(NC(=O)CSc2nccn2C)cc1)C12CC3CC(CC(C3)C1)C2. The van der Waals surface area contributed by atoms with E-state index in [4.69, 9.17) is 0 Å². The molecule has 0 radical (unpaired) electrons. The highest BCUT2D eigenvalue weighted by Gasteiger charge is 2.54. The molecule has 1 aromatic heterocycles. The van der Waals surface area contributed by atoms with Crippen LogP contribution in [-0.2, 0) is 11.8 Å². The Labute approximate surface area is 200 Å². The molecule has 4 aliphatic rings. The van der Waals surface area contributed by atoms with Crippen molar-refractivity contribution in [2.45, 2.75) is 63.1 Å². The zero-order valence-corrected chi connectivity index (χ0v) is 20.4. The molecule has 1 aromatic carbocycles. The van der Waals surface area contributed by atoms with Crippen molar-refractivity contribution in [3.05, 3.63) is 42.2 Å². The number of carbonyl (C=O) groups excluding carboxylic acids is 2. The van der Waals surface area contributed by atoms with E-state index in [1.165, 1.54) is 50.3 Å². The predicted molar refractivity (Wildman–Crippen MR) is 131 cm³/mol. The minimum absolute atomic E-state index is 0.000750. The smallest absolute Gasteiger partial charge is 0.251 e. The molecule has 7 heteroatoms. The Hall–Kier alpha value is -2.28. The van der Waals surface area contributed by atoms with E-state index in [0.717, 1.165) is 29.3 Å². The van der Waals surface area contributed by atoms with Gasteiger partial charge in [0.1, 0.15) is 0 Å². The molecule has 33 heavy (non-hydrogen) atoms. The maximum Gasteiger partial charge on any atom is 0.251 e. The number of thioether (sulfide) groups is 1. The molecule has 4 aliphatic carbocycles. The summed E-state index contributed by atoms with van der Waals surface area (Å²) in [5, 5.41) is 7.11. The van der Waals surface area contributed by atoms with Gasteiger partial charge >= 0.3 is 0 Å². The average molecular weight is 467 g/mol. The van der Waals surface area contributed by atoms with E-state index in [0.29, 0.717) is 16.7 Å². The third kappa shape index (κ3) is 4.70. The fraction of sp³-hybridized carbons (Fsp3) is 0.577. The molecular formula is C26H34N4O2S. The van der Waals surface area contributed by atoms with Crippen LogP contribution < -0.4 is 10.6 Å². The summed E-state index contributed by atoms with van der Waals surface area (Å²) in [6.07, 6.45) is 12.7. The van der Waals surface area contributed by atoms with Crippen LogP contribution in [0.15, 0.2) is 41.8 Å². The molecule has 0 spiro atoms. The summed E-state index contributed by atoms with van der Waals surface area (Å²) in [4.78, 5) is 29.6. The number of hydrogen-bond donors (Lipinski definition) is 2. The first-order valence-electron chi connectivity index (χ1n) is 12.2. The summed E-state index contributed by atoms with van der Waals surface area (Å²) in [5.74, 6) is 2.83. The van der Waals surface area contributed by atoms with Crippen LogP contribution in [0.25, 0.3) is 0 Å². The Morgan fingerprint density at radius 1 is 1.12 bits per heavy atom. The van der Waals surface area contributed by atoms with Crippen LogP contribution in [0, 0.1) is 23.2 Å². The second-order valence-corrected chi connectivity index (χ2v) is 11.4. The first-order chi connectivity index (χ1) is 15.9. The van der Waals surface area contributed by atoms with Gasteiger partial charge in [0.15, 0.2) is 5.16 Å². The number of nitrogens with zero attached hydrogens (tertiary/aromatic N) is 2. The molecule has 2 aromatic rings. The van der Waals surface area contributed by atoms with Gasteiger partial charge in [0.05, 0.1) is 5.75 Å². The molecule has 0 saturated heterocycles. The number of imidazole rings is 1. The lowest BCUT2D eigenvalue weighted by Gasteiger charge is -2.59. The largest absolute Gasteiger partial charge is 0.349 e. The Bertz CT molecular complexity index is 980. The molecule has 1 atom stereocenters. The summed E-state index contributed by atoms with van der Waals surface area (Å²) in [6.45, 7) is 2.21. The van der Waals surface area contributed by atoms with Gasteiger partial charge in [0.25, 0.3) is 5.91 Å². The minimum atomic E-state index is -0.0898. The Morgan fingerprint density at radius 3 is 2.30 bits per heavy atom. The van der Waals surface area contributed by atoms with Gasteiger partial charge < -0.3 is 15.2 Å². The van der Waals surface area contributed by atoms with E-state index in [1.807, 2.05) is 42.1 Å². The van der Waals surface area contributed by atoms with Crippen molar-refractivity contribution in [1.29, 1.82) is 0 Å². The number of carbonyl (C=O) groups is 2. The van der Waals surface area contributed by atoms with Crippen LogP contribution in [0.2, 0.25) is 0 Å². The van der Waals surface area contributed by atoms with E-state index in [9.17, 15) is 9.59 Å². The second kappa shape index (κ2) is 9.16. The number of benzene rings is 1. The highest BCUT2D eigenvalue weighted by Crippen LogP contribution is 2.61. The molecule has 1 heterocycles. The van der Waals surface area contributed by atoms with E-state index in [2.05, 4.69) is 22.5 Å². The lowest BCUT2D eigenvalue weighted by molar-refractivity contribution is -0.113. The summed E-state index contributed by atoms with van der Waals surface area (Å²) in [5.41, 5.74) is 1.65. The van der Waals surface area contributed by atoms with Crippen LogP contribution in [0.4, 0.5) is 5.69 Å². The molecule has 2 N–H and O–H groups in total. The number of aromatic nitrogens is 2. The van der Waals surface area contributed by atoms with Crippen LogP contribution >= 0.6 is 11.8 Å². The van der Waals surface area contributed by atoms with Gasteiger partial charge in [-0.3, -0.25) is 9.59 Å². The van der Waals surface area contributed by atoms with Crippen molar-refractivity contribution < 1.29 is 9.59 Å². The van der Waals surface area contributed by atoms with E-state index >= 15 is 0 Å². The highest BCUT2D eigenvalue weighted by molar-refractivity contribution is 7.99. The standard InChI is InChI=1S/C26H34N4O2S/c1-3-22(26-13-17-10-18(14-26)12-19(11-17)15-26)29-24(32)20-4-6-21(7-5-20)28-23(31)16-33-25-27-8-9-30(25)2/h4-9,17-19,22H,3,10-16H2,1-2H3,(H,28,31)(H,29,32)/t17?,18?,19?,22-,26?/m1/s1. The van der Waals surface area contributed by atoms with Crippen molar-refractivity contribution in [3.63, 3.8) is 0 Å². The lowest BCUT2D eigenvalue weighted by atomic mass is 9.47. The monoisotopic (exact) mass is 466 g/mol. The van der Waals surface area contributed by atoms with Crippen LogP contribution in [0.1, 0.15) is 62.2 Å². The van der Waals surface area contributed by atoms with E-state index in [-0.39, 0.29) is 23.6 Å². The Morgan fingerprint density at radius 2 is 1.76 bits per heavy atom. The molecule has 4 saturated carbocycles. The molecule has 6 nitrogen and oxygen atoms in total. The molecule has 4 fully saturated rings. The number of anilines is 1. The molecule has 0 aliphatic heterocycles. The van der Waals surface area contributed by atoms with Gasteiger partial charge in [-0.25, -0.2) is 4.98 Å². The number of rotatable bonds is 8. The number of aryl methyl sites for hydroxylation is 1. The van der Waals surface area contributed by atoms with Gasteiger partial charge in [-0.2, -0.15) is 0 Å². The fourth-order valence-corrected chi connectivity index (χ4v) is 7.79. The van der Waals surface area contributed by atoms with Crippen molar-refractivity contribution in [3.8, 4) is 0 Å². The molecule has 176 valence electrons. The number of amides is 2. The predicted octanol–water partition coefficient (Wildman–Crippen LogP) is 4.88. The first kappa shape index (κ1) is 22.5. The van der Waals surface area contributed by atoms with Gasteiger partial charge in [-0.1, -0.05) is 18.7 Å². The highest BCUT2D eigenvalue weighted by atomic mass is 32.2. The van der Waals surface area contributed by atoms with Crippen LogP contribution in [-0.4, -0.2) is 33.2 Å². The third-order valence-electron chi connectivity index (χ3n) is 8.08. The van der Waals surface area contributed by atoms with Crippen molar-refractivity contribution in [2.24, 2.45) is 30.2 Å². The van der Waals surface area contributed by atoms with Gasteiger partial charge in [0.2, 0.25) is 5.91 Å². The fourth-order valence-electron chi connectivity index (χ4n) is 7.06. The Balaban J connectivity index is 1.17. The Kier molecular flexibility index (Phi) is 6.25. The quantitative estimate of drug-likeness (QED) is 0.544. The van der Waals surface area contributed by atoms with Crippen molar-refractivity contribution in [1.82, 2.24) is 14.9 Å². The van der Waals surface area contributed by atoms with E-state index < -0.39 is 0 Å². The zero-order valence-electron chi connectivity index (χ0n) is 19.5. The maximum atomic E-state index is 13.1. The summed E-state index contributed by atoms with van der Waals surface area (Å²) >= 11 is 1.40.